The molecule has 1 saturated heterocycles. The van der Waals surface area contributed by atoms with Gasteiger partial charge < -0.3 is 10.6 Å². The third-order valence-electron chi connectivity index (χ3n) is 5.21. The molecule has 1 amide bonds. The van der Waals surface area contributed by atoms with E-state index in [0.29, 0.717) is 5.56 Å². The van der Waals surface area contributed by atoms with Crippen LogP contribution in [0.25, 0.3) is 0 Å². The second kappa shape index (κ2) is 9.75. The maximum atomic E-state index is 13.3. The monoisotopic (exact) mass is 387 g/mol. The summed E-state index contributed by atoms with van der Waals surface area (Å²) >= 11 is 0. The highest BCUT2D eigenvalue weighted by molar-refractivity contribution is 5.78. The van der Waals surface area contributed by atoms with Crippen molar-refractivity contribution in [1.29, 1.82) is 0 Å². The fraction of sp³-hybridized carbons (Fsp3) is 0.409. The molecule has 1 aliphatic rings. The summed E-state index contributed by atoms with van der Waals surface area (Å²) < 4.78 is 26.4. The zero-order chi connectivity index (χ0) is 19.9. The molecule has 0 spiro atoms. The zero-order valence-electron chi connectivity index (χ0n) is 16.1. The minimum Gasteiger partial charge on any atom is -0.352 e. The molecular weight excluding hydrogens is 360 g/mol. The molecular formula is C22H27F2N3O. The molecule has 1 heterocycles. The number of likely N-dealkylation sites (tertiary alicyclic amines) is 1. The molecule has 0 aliphatic carbocycles. The second-order valence-corrected chi connectivity index (χ2v) is 7.38. The average Bonchev–Trinajstić information content (AvgIpc) is 2.70. The van der Waals surface area contributed by atoms with E-state index in [2.05, 4.69) is 39.8 Å². The van der Waals surface area contributed by atoms with E-state index in [1.165, 1.54) is 11.6 Å². The first-order valence-corrected chi connectivity index (χ1v) is 9.75. The van der Waals surface area contributed by atoms with E-state index in [9.17, 15) is 13.6 Å². The third-order valence-corrected chi connectivity index (χ3v) is 5.21. The van der Waals surface area contributed by atoms with Crippen LogP contribution in [0.3, 0.4) is 0 Å². The molecule has 1 atom stereocenters. The second-order valence-electron chi connectivity index (χ2n) is 7.38. The lowest BCUT2D eigenvalue weighted by molar-refractivity contribution is -0.121. The Bertz CT molecular complexity index is 777. The Labute approximate surface area is 164 Å². The number of hydrogen-bond donors (Lipinski definition) is 2. The van der Waals surface area contributed by atoms with Crippen LogP contribution < -0.4 is 10.6 Å². The Kier molecular flexibility index (Phi) is 7.12. The Hall–Kier alpha value is -2.31. The smallest absolute Gasteiger partial charge is 0.234 e. The summed E-state index contributed by atoms with van der Waals surface area (Å²) in [6.45, 7) is 4.82. The molecule has 2 N–H and O–H groups in total. The summed E-state index contributed by atoms with van der Waals surface area (Å²) in [5.74, 6) is -1.82. The maximum absolute atomic E-state index is 13.3. The predicted molar refractivity (Wildman–Crippen MR) is 106 cm³/mol. The highest BCUT2D eigenvalue weighted by Crippen LogP contribution is 2.16. The number of amides is 1. The number of benzene rings is 2. The summed E-state index contributed by atoms with van der Waals surface area (Å²) in [6.07, 6.45) is 1.86. The summed E-state index contributed by atoms with van der Waals surface area (Å²) in [5.41, 5.74) is 1.92. The lowest BCUT2D eigenvalue weighted by atomic mass is 10.0. The van der Waals surface area contributed by atoms with Crippen LogP contribution in [0.2, 0.25) is 0 Å². The molecule has 2 aromatic rings. The summed E-state index contributed by atoms with van der Waals surface area (Å²) in [5, 5.41) is 6.13. The SMILES string of the molecule is C[C@H](NCC(=O)NC1CCN(Cc2ccccc2)CC1)c1ccc(F)c(F)c1. The first-order valence-electron chi connectivity index (χ1n) is 9.75. The minimum atomic E-state index is -0.877. The van der Waals surface area contributed by atoms with Gasteiger partial charge in [0.15, 0.2) is 11.6 Å². The number of nitrogens with one attached hydrogen (secondary N) is 2. The van der Waals surface area contributed by atoms with E-state index in [1.54, 1.807) is 0 Å². The van der Waals surface area contributed by atoms with Gasteiger partial charge in [-0.25, -0.2) is 8.78 Å². The van der Waals surface area contributed by atoms with Gasteiger partial charge in [-0.3, -0.25) is 9.69 Å². The van der Waals surface area contributed by atoms with Crippen molar-refractivity contribution in [3.05, 3.63) is 71.3 Å². The van der Waals surface area contributed by atoms with Gasteiger partial charge in [-0.1, -0.05) is 36.4 Å². The number of carbonyl (C=O) groups is 1. The van der Waals surface area contributed by atoms with E-state index >= 15 is 0 Å². The van der Waals surface area contributed by atoms with Crippen molar-refractivity contribution in [1.82, 2.24) is 15.5 Å². The predicted octanol–water partition coefficient (Wildman–Crippen LogP) is 3.40. The van der Waals surface area contributed by atoms with Crippen LogP contribution in [0.15, 0.2) is 48.5 Å². The van der Waals surface area contributed by atoms with Gasteiger partial charge in [-0.2, -0.15) is 0 Å². The zero-order valence-corrected chi connectivity index (χ0v) is 16.1. The highest BCUT2D eigenvalue weighted by Gasteiger charge is 2.21. The molecule has 0 saturated carbocycles. The Morgan fingerprint density at radius 3 is 2.50 bits per heavy atom. The van der Waals surface area contributed by atoms with Crippen molar-refractivity contribution in [3.8, 4) is 0 Å². The summed E-state index contributed by atoms with van der Waals surface area (Å²) in [6, 6.07) is 14.1. The van der Waals surface area contributed by atoms with Crippen LogP contribution >= 0.6 is 0 Å². The lowest BCUT2D eigenvalue weighted by Gasteiger charge is -2.32. The minimum absolute atomic E-state index is 0.0732. The van der Waals surface area contributed by atoms with Crippen molar-refractivity contribution in [2.45, 2.75) is 38.4 Å². The lowest BCUT2D eigenvalue weighted by Crippen LogP contribution is -2.46. The van der Waals surface area contributed by atoms with E-state index in [-0.39, 0.29) is 24.5 Å². The first-order chi connectivity index (χ1) is 13.5. The quantitative estimate of drug-likeness (QED) is 0.765. The number of piperidine rings is 1. The maximum Gasteiger partial charge on any atom is 0.234 e. The Morgan fingerprint density at radius 2 is 1.82 bits per heavy atom. The number of halogens is 2. The van der Waals surface area contributed by atoms with Gasteiger partial charge in [0.25, 0.3) is 0 Å². The molecule has 0 bridgehead atoms. The molecule has 3 rings (SSSR count). The summed E-state index contributed by atoms with van der Waals surface area (Å²) in [7, 11) is 0. The molecule has 28 heavy (non-hydrogen) atoms. The fourth-order valence-corrected chi connectivity index (χ4v) is 3.50. The van der Waals surface area contributed by atoms with Crippen LogP contribution in [0.1, 0.15) is 36.9 Å². The van der Waals surface area contributed by atoms with Gasteiger partial charge in [0.2, 0.25) is 5.91 Å². The standard InChI is InChI=1S/C22H27F2N3O/c1-16(18-7-8-20(23)21(24)13-18)25-14-22(28)26-19-9-11-27(12-10-19)15-17-5-3-2-4-6-17/h2-8,13,16,19,25H,9-12,14-15H2,1H3,(H,26,28)/t16-/m0/s1. The fourth-order valence-electron chi connectivity index (χ4n) is 3.50. The number of hydrogen-bond acceptors (Lipinski definition) is 3. The van der Waals surface area contributed by atoms with E-state index < -0.39 is 11.6 Å². The van der Waals surface area contributed by atoms with Crippen molar-refractivity contribution in [2.75, 3.05) is 19.6 Å². The van der Waals surface area contributed by atoms with Gasteiger partial charge in [0.05, 0.1) is 6.54 Å². The van der Waals surface area contributed by atoms with Crippen molar-refractivity contribution >= 4 is 5.91 Å². The molecule has 2 aromatic carbocycles. The molecule has 4 nitrogen and oxygen atoms in total. The molecule has 0 unspecified atom stereocenters. The largest absolute Gasteiger partial charge is 0.352 e. The number of nitrogens with zero attached hydrogens (tertiary/aromatic N) is 1. The van der Waals surface area contributed by atoms with Gasteiger partial charge in [0, 0.05) is 31.7 Å². The molecule has 0 aromatic heterocycles. The van der Waals surface area contributed by atoms with E-state index in [0.717, 1.165) is 44.6 Å². The van der Waals surface area contributed by atoms with Crippen molar-refractivity contribution < 1.29 is 13.6 Å². The normalized spacial score (nSPS) is 16.7. The molecule has 0 radical (unpaired) electrons. The molecule has 150 valence electrons. The topological polar surface area (TPSA) is 44.4 Å². The number of rotatable bonds is 7. The van der Waals surface area contributed by atoms with Crippen LogP contribution in [0.4, 0.5) is 8.78 Å². The van der Waals surface area contributed by atoms with Gasteiger partial charge in [0.1, 0.15) is 0 Å². The van der Waals surface area contributed by atoms with Gasteiger partial charge in [-0.05, 0) is 43.0 Å². The van der Waals surface area contributed by atoms with Crippen LogP contribution in [0, 0.1) is 11.6 Å². The molecule has 1 fully saturated rings. The van der Waals surface area contributed by atoms with Gasteiger partial charge >= 0.3 is 0 Å². The summed E-state index contributed by atoms with van der Waals surface area (Å²) in [4.78, 5) is 14.6. The highest BCUT2D eigenvalue weighted by atomic mass is 19.2. The van der Waals surface area contributed by atoms with Crippen LogP contribution in [0.5, 0.6) is 0 Å². The Morgan fingerprint density at radius 1 is 1.11 bits per heavy atom. The van der Waals surface area contributed by atoms with Crippen molar-refractivity contribution in [3.63, 3.8) is 0 Å². The molecule has 1 aliphatic heterocycles. The van der Waals surface area contributed by atoms with Crippen LogP contribution in [-0.4, -0.2) is 36.5 Å². The first kappa shape index (κ1) is 20.4. The average molecular weight is 387 g/mol. The van der Waals surface area contributed by atoms with Crippen LogP contribution in [-0.2, 0) is 11.3 Å². The Balaban J connectivity index is 1.38. The van der Waals surface area contributed by atoms with E-state index in [1.807, 2.05) is 13.0 Å². The van der Waals surface area contributed by atoms with Gasteiger partial charge in [-0.15, -0.1) is 0 Å². The molecule has 6 heteroatoms. The third kappa shape index (κ3) is 5.84. The van der Waals surface area contributed by atoms with Crippen molar-refractivity contribution in [2.24, 2.45) is 0 Å². The number of carbonyl (C=O) groups excluding carboxylic acids is 1. The van der Waals surface area contributed by atoms with E-state index in [4.69, 9.17) is 0 Å².